The lowest BCUT2D eigenvalue weighted by molar-refractivity contribution is -0.384. The summed E-state index contributed by atoms with van der Waals surface area (Å²) < 4.78 is 0. The highest BCUT2D eigenvalue weighted by atomic mass is 35.5. The van der Waals surface area contributed by atoms with Crippen molar-refractivity contribution in [2.24, 2.45) is 0 Å². The van der Waals surface area contributed by atoms with Crippen LogP contribution in [0.3, 0.4) is 0 Å². The van der Waals surface area contributed by atoms with Crippen LogP contribution in [0.2, 0.25) is 5.02 Å². The Hall–Kier alpha value is -2.90. The van der Waals surface area contributed by atoms with Crippen molar-refractivity contribution < 1.29 is 9.72 Å². The first-order valence-corrected chi connectivity index (χ1v) is 10.9. The number of nitro benzene ring substituents is 1. The monoisotopic (exact) mass is 441 g/mol. The minimum Gasteiger partial charge on any atom is -0.390 e. The first-order valence-electron chi connectivity index (χ1n) is 9.68. The largest absolute Gasteiger partial charge is 0.390 e. The lowest BCUT2D eigenvalue weighted by atomic mass is 9.96. The molecule has 0 unspecified atom stereocenters. The molecule has 30 heavy (non-hydrogen) atoms. The second-order valence-corrected chi connectivity index (χ2v) is 8.70. The van der Waals surface area contributed by atoms with Gasteiger partial charge in [-0.15, -0.1) is 11.3 Å². The van der Waals surface area contributed by atoms with Gasteiger partial charge in [-0.3, -0.25) is 14.9 Å². The second kappa shape index (κ2) is 8.45. The summed E-state index contributed by atoms with van der Waals surface area (Å²) in [5.41, 5.74) is 9.24. The zero-order valence-corrected chi connectivity index (χ0v) is 17.7. The van der Waals surface area contributed by atoms with Gasteiger partial charge in [-0.2, -0.15) is 0 Å². The molecule has 154 valence electrons. The Balaban J connectivity index is 1.86. The number of rotatable bonds is 4. The first kappa shape index (κ1) is 20.4. The minimum absolute atomic E-state index is 0.0148. The van der Waals surface area contributed by atoms with E-state index in [1.165, 1.54) is 23.5 Å². The number of benzene rings is 2. The number of likely N-dealkylation sites (tertiary alicyclic amines) is 1. The smallest absolute Gasteiger partial charge is 0.269 e. The Bertz CT molecular complexity index is 1090. The molecule has 0 spiro atoms. The summed E-state index contributed by atoms with van der Waals surface area (Å²) in [5.74, 6) is -0.0680. The number of nitrogens with zero attached hydrogens (tertiary/aromatic N) is 2. The second-order valence-electron chi connectivity index (χ2n) is 7.21. The molecule has 1 aliphatic rings. The lowest BCUT2D eigenvalue weighted by Gasteiger charge is -2.27. The Morgan fingerprint density at radius 3 is 2.20 bits per heavy atom. The van der Waals surface area contributed by atoms with Crippen LogP contribution >= 0.6 is 22.9 Å². The van der Waals surface area contributed by atoms with Crippen molar-refractivity contribution >= 4 is 39.5 Å². The summed E-state index contributed by atoms with van der Waals surface area (Å²) in [6.45, 7) is 1.45. The average molecular weight is 442 g/mol. The van der Waals surface area contributed by atoms with E-state index in [0.29, 0.717) is 15.6 Å². The molecule has 0 bridgehead atoms. The molecule has 4 rings (SSSR count). The molecule has 2 aromatic carbocycles. The van der Waals surface area contributed by atoms with Crippen LogP contribution in [-0.4, -0.2) is 28.8 Å². The molecule has 2 N–H and O–H groups in total. The van der Waals surface area contributed by atoms with E-state index in [-0.39, 0.29) is 11.6 Å². The number of nitrogen functional groups attached to an aromatic ring is 1. The van der Waals surface area contributed by atoms with Crippen LogP contribution in [0, 0.1) is 10.1 Å². The summed E-state index contributed by atoms with van der Waals surface area (Å²) in [6, 6.07) is 13.6. The first-order chi connectivity index (χ1) is 14.5. The fourth-order valence-corrected chi connectivity index (χ4v) is 4.96. The van der Waals surface area contributed by atoms with Gasteiger partial charge >= 0.3 is 0 Å². The number of carbonyl (C=O) groups excluding carboxylic acids is 1. The van der Waals surface area contributed by atoms with Gasteiger partial charge < -0.3 is 10.6 Å². The third kappa shape index (κ3) is 3.91. The third-order valence-corrected chi connectivity index (χ3v) is 6.59. The molecule has 0 saturated carbocycles. The van der Waals surface area contributed by atoms with Crippen molar-refractivity contribution in [3.05, 3.63) is 69.2 Å². The normalized spacial score (nSPS) is 14.0. The van der Waals surface area contributed by atoms with Crippen molar-refractivity contribution in [3.63, 3.8) is 0 Å². The van der Waals surface area contributed by atoms with Crippen LogP contribution in [0.1, 0.15) is 29.6 Å². The Morgan fingerprint density at radius 1 is 1.00 bits per heavy atom. The van der Waals surface area contributed by atoms with E-state index in [2.05, 4.69) is 0 Å². The minimum atomic E-state index is -0.433. The quantitative estimate of drug-likeness (QED) is 0.406. The number of halogens is 1. The van der Waals surface area contributed by atoms with Gasteiger partial charge in [0, 0.05) is 40.7 Å². The van der Waals surface area contributed by atoms with Crippen molar-refractivity contribution in [1.29, 1.82) is 0 Å². The molecule has 1 saturated heterocycles. The maximum Gasteiger partial charge on any atom is 0.269 e. The summed E-state index contributed by atoms with van der Waals surface area (Å²) in [6.07, 6.45) is 3.10. The molecule has 1 amide bonds. The number of nitro groups is 1. The summed E-state index contributed by atoms with van der Waals surface area (Å²) >= 11 is 7.40. The number of anilines is 1. The molecular formula is C22H20ClN3O3S. The molecule has 0 aliphatic carbocycles. The van der Waals surface area contributed by atoms with Crippen LogP contribution < -0.4 is 5.73 Å². The number of thiophene rings is 1. The van der Waals surface area contributed by atoms with Crippen molar-refractivity contribution in [2.75, 3.05) is 18.8 Å². The van der Waals surface area contributed by atoms with Gasteiger partial charge in [0.2, 0.25) is 0 Å². The standard InChI is InChI=1S/C22H20ClN3O3S/c23-16-8-4-14(5-9-16)18-19(22(27)25-12-2-1-3-13-25)21(24)30-20(18)15-6-10-17(11-7-15)26(28)29/h4-11H,1-3,12-13,24H2. The van der Waals surface area contributed by atoms with E-state index in [9.17, 15) is 14.9 Å². The van der Waals surface area contributed by atoms with Crippen LogP contribution in [0.4, 0.5) is 10.7 Å². The molecule has 0 atom stereocenters. The van der Waals surface area contributed by atoms with Gasteiger partial charge in [0.15, 0.2) is 0 Å². The Kier molecular flexibility index (Phi) is 5.74. The van der Waals surface area contributed by atoms with Crippen LogP contribution in [0.5, 0.6) is 0 Å². The van der Waals surface area contributed by atoms with E-state index in [4.69, 9.17) is 17.3 Å². The van der Waals surface area contributed by atoms with E-state index in [0.717, 1.165) is 53.9 Å². The van der Waals surface area contributed by atoms with Crippen LogP contribution in [-0.2, 0) is 0 Å². The van der Waals surface area contributed by atoms with Gasteiger partial charge in [0.25, 0.3) is 11.6 Å². The molecule has 8 heteroatoms. The third-order valence-electron chi connectivity index (χ3n) is 5.27. The maximum absolute atomic E-state index is 13.4. The highest BCUT2D eigenvalue weighted by Crippen LogP contribution is 2.46. The number of amides is 1. The van der Waals surface area contributed by atoms with Gasteiger partial charge in [-0.1, -0.05) is 23.7 Å². The van der Waals surface area contributed by atoms with Gasteiger partial charge in [-0.25, -0.2) is 0 Å². The summed E-state index contributed by atoms with van der Waals surface area (Å²) in [4.78, 5) is 26.7. The summed E-state index contributed by atoms with van der Waals surface area (Å²) in [7, 11) is 0. The zero-order chi connectivity index (χ0) is 21.3. The number of non-ortho nitro benzene ring substituents is 1. The fourth-order valence-electron chi connectivity index (χ4n) is 3.75. The topological polar surface area (TPSA) is 89.5 Å². The lowest BCUT2D eigenvalue weighted by Crippen LogP contribution is -2.36. The molecule has 1 aromatic heterocycles. The zero-order valence-electron chi connectivity index (χ0n) is 16.1. The van der Waals surface area contributed by atoms with E-state index >= 15 is 0 Å². The van der Waals surface area contributed by atoms with Crippen LogP contribution in [0.15, 0.2) is 48.5 Å². The molecule has 0 radical (unpaired) electrons. The number of nitrogens with two attached hydrogens (primary N) is 1. The highest BCUT2D eigenvalue weighted by Gasteiger charge is 2.28. The number of hydrogen-bond acceptors (Lipinski definition) is 5. The van der Waals surface area contributed by atoms with Gasteiger partial charge in [0.05, 0.1) is 15.5 Å². The van der Waals surface area contributed by atoms with Crippen LogP contribution in [0.25, 0.3) is 21.6 Å². The van der Waals surface area contributed by atoms with E-state index in [1.54, 1.807) is 24.3 Å². The predicted molar refractivity (Wildman–Crippen MR) is 121 cm³/mol. The Labute approximate surface area is 183 Å². The fraction of sp³-hybridized carbons (Fsp3) is 0.227. The molecule has 2 heterocycles. The summed E-state index contributed by atoms with van der Waals surface area (Å²) in [5, 5.41) is 12.1. The predicted octanol–water partition coefficient (Wildman–Crippen LogP) is 5.85. The number of hydrogen-bond donors (Lipinski definition) is 1. The van der Waals surface area contributed by atoms with E-state index in [1.807, 2.05) is 17.0 Å². The van der Waals surface area contributed by atoms with E-state index < -0.39 is 4.92 Å². The molecule has 6 nitrogen and oxygen atoms in total. The average Bonchev–Trinajstić information content (AvgIpc) is 3.11. The van der Waals surface area contributed by atoms with Crippen molar-refractivity contribution in [3.8, 4) is 21.6 Å². The molecule has 1 aliphatic heterocycles. The molecule has 1 fully saturated rings. The van der Waals surface area contributed by atoms with Crippen molar-refractivity contribution in [2.45, 2.75) is 19.3 Å². The highest BCUT2D eigenvalue weighted by molar-refractivity contribution is 7.20. The number of carbonyl (C=O) groups is 1. The van der Waals surface area contributed by atoms with Gasteiger partial charge in [0.1, 0.15) is 0 Å². The van der Waals surface area contributed by atoms with Gasteiger partial charge in [-0.05, 0) is 54.7 Å². The van der Waals surface area contributed by atoms with Crippen molar-refractivity contribution in [1.82, 2.24) is 4.90 Å². The number of piperidine rings is 1. The molecular weight excluding hydrogens is 422 g/mol. The maximum atomic E-state index is 13.4. The molecule has 3 aromatic rings. The Morgan fingerprint density at radius 2 is 1.60 bits per heavy atom. The SMILES string of the molecule is Nc1sc(-c2ccc([N+](=O)[O-])cc2)c(-c2ccc(Cl)cc2)c1C(=O)N1CCCCC1.